The lowest BCUT2D eigenvalue weighted by Gasteiger charge is -2.16. The van der Waals surface area contributed by atoms with Gasteiger partial charge in [-0.2, -0.15) is 0 Å². The molecular formula is C16H19NO3S. The Bertz CT molecular complexity index is 754. The SMILES string of the molecule is COc1ccc(C(N)c2cccc(S(C)(=O)=O)c2)c(C)c1. The summed E-state index contributed by atoms with van der Waals surface area (Å²) in [6, 6.07) is 12.0. The van der Waals surface area contributed by atoms with Crippen LogP contribution in [0.2, 0.25) is 0 Å². The van der Waals surface area contributed by atoms with Gasteiger partial charge in [0.1, 0.15) is 5.75 Å². The Kier molecular flexibility index (Phi) is 4.34. The van der Waals surface area contributed by atoms with Crippen molar-refractivity contribution in [1.82, 2.24) is 0 Å². The summed E-state index contributed by atoms with van der Waals surface area (Å²) >= 11 is 0. The summed E-state index contributed by atoms with van der Waals surface area (Å²) in [6.45, 7) is 1.96. The van der Waals surface area contributed by atoms with Gasteiger partial charge < -0.3 is 10.5 Å². The van der Waals surface area contributed by atoms with E-state index < -0.39 is 9.84 Å². The van der Waals surface area contributed by atoms with Gasteiger partial charge in [0, 0.05) is 6.26 Å². The van der Waals surface area contributed by atoms with Gasteiger partial charge in [0.15, 0.2) is 9.84 Å². The number of hydrogen-bond acceptors (Lipinski definition) is 4. The zero-order valence-corrected chi connectivity index (χ0v) is 13.1. The van der Waals surface area contributed by atoms with Crippen molar-refractivity contribution in [2.45, 2.75) is 17.9 Å². The van der Waals surface area contributed by atoms with Gasteiger partial charge in [-0.15, -0.1) is 0 Å². The molecule has 2 aromatic rings. The van der Waals surface area contributed by atoms with Crippen molar-refractivity contribution in [3.8, 4) is 5.75 Å². The second kappa shape index (κ2) is 5.87. The smallest absolute Gasteiger partial charge is 0.175 e. The molecule has 0 aliphatic rings. The number of methoxy groups -OCH3 is 1. The Labute approximate surface area is 125 Å². The van der Waals surface area contributed by atoms with Gasteiger partial charge in [0.2, 0.25) is 0 Å². The molecule has 1 unspecified atom stereocenters. The molecule has 2 N–H and O–H groups in total. The fourth-order valence-corrected chi connectivity index (χ4v) is 2.92. The Morgan fingerprint density at radius 2 is 1.86 bits per heavy atom. The van der Waals surface area contributed by atoms with Crippen LogP contribution in [0.5, 0.6) is 5.75 Å². The van der Waals surface area contributed by atoms with Crippen LogP contribution in [-0.2, 0) is 9.84 Å². The van der Waals surface area contributed by atoms with Crippen LogP contribution in [-0.4, -0.2) is 21.8 Å². The van der Waals surface area contributed by atoms with Crippen molar-refractivity contribution in [1.29, 1.82) is 0 Å². The molecule has 0 fully saturated rings. The number of rotatable bonds is 4. The van der Waals surface area contributed by atoms with E-state index in [4.69, 9.17) is 10.5 Å². The Hall–Kier alpha value is -1.85. The predicted molar refractivity (Wildman–Crippen MR) is 83.3 cm³/mol. The minimum atomic E-state index is -3.24. The van der Waals surface area contributed by atoms with Gasteiger partial charge in [0.25, 0.3) is 0 Å². The number of sulfone groups is 1. The van der Waals surface area contributed by atoms with Gasteiger partial charge in [-0.05, 0) is 47.9 Å². The molecule has 0 bridgehead atoms. The van der Waals surface area contributed by atoms with Crippen LogP contribution in [0, 0.1) is 6.92 Å². The molecule has 0 aliphatic carbocycles. The number of nitrogens with two attached hydrogens (primary N) is 1. The fourth-order valence-electron chi connectivity index (χ4n) is 2.24. The van der Waals surface area contributed by atoms with E-state index in [9.17, 15) is 8.42 Å². The minimum absolute atomic E-state index is 0.279. The van der Waals surface area contributed by atoms with Gasteiger partial charge in [0.05, 0.1) is 18.0 Å². The normalized spacial score (nSPS) is 13.0. The number of aryl methyl sites for hydroxylation is 1. The van der Waals surface area contributed by atoms with E-state index >= 15 is 0 Å². The third kappa shape index (κ3) is 3.43. The molecule has 2 aromatic carbocycles. The van der Waals surface area contributed by atoms with E-state index in [1.807, 2.05) is 31.2 Å². The van der Waals surface area contributed by atoms with E-state index in [0.29, 0.717) is 0 Å². The first-order valence-electron chi connectivity index (χ1n) is 6.53. The third-order valence-corrected chi connectivity index (χ3v) is 4.57. The quantitative estimate of drug-likeness (QED) is 0.942. The number of benzene rings is 2. The van der Waals surface area contributed by atoms with E-state index in [2.05, 4.69) is 0 Å². The Morgan fingerprint density at radius 1 is 1.14 bits per heavy atom. The average Bonchev–Trinajstić information content (AvgIpc) is 2.45. The van der Waals surface area contributed by atoms with Gasteiger partial charge >= 0.3 is 0 Å². The summed E-state index contributed by atoms with van der Waals surface area (Å²) in [5.74, 6) is 0.772. The second-order valence-corrected chi connectivity index (χ2v) is 7.06. The zero-order chi connectivity index (χ0) is 15.6. The summed E-state index contributed by atoms with van der Waals surface area (Å²) in [6.07, 6.45) is 1.19. The summed E-state index contributed by atoms with van der Waals surface area (Å²) in [5.41, 5.74) is 9.01. The van der Waals surface area contributed by atoms with Crippen LogP contribution >= 0.6 is 0 Å². The van der Waals surface area contributed by atoms with Crippen molar-refractivity contribution >= 4 is 9.84 Å². The van der Waals surface area contributed by atoms with Crippen LogP contribution in [0.4, 0.5) is 0 Å². The molecule has 0 saturated carbocycles. The second-order valence-electron chi connectivity index (χ2n) is 5.04. The molecule has 2 rings (SSSR count). The van der Waals surface area contributed by atoms with Crippen molar-refractivity contribution in [3.63, 3.8) is 0 Å². The Morgan fingerprint density at radius 3 is 2.43 bits per heavy atom. The topological polar surface area (TPSA) is 69.4 Å². The molecule has 5 heteroatoms. The van der Waals surface area contributed by atoms with Gasteiger partial charge in [-0.25, -0.2) is 8.42 Å². The highest BCUT2D eigenvalue weighted by molar-refractivity contribution is 7.90. The van der Waals surface area contributed by atoms with Crippen molar-refractivity contribution in [2.75, 3.05) is 13.4 Å². The number of hydrogen-bond donors (Lipinski definition) is 1. The molecule has 0 amide bonds. The first-order chi connectivity index (χ1) is 9.82. The van der Waals surface area contributed by atoms with E-state index in [1.165, 1.54) is 6.26 Å². The molecule has 4 nitrogen and oxygen atoms in total. The highest BCUT2D eigenvalue weighted by Crippen LogP contribution is 2.27. The summed E-state index contributed by atoms with van der Waals surface area (Å²) in [5, 5.41) is 0. The lowest BCUT2D eigenvalue weighted by atomic mass is 9.96. The molecule has 0 saturated heterocycles. The van der Waals surface area contributed by atoms with E-state index in [0.717, 1.165) is 22.4 Å². The van der Waals surface area contributed by atoms with E-state index in [-0.39, 0.29) is 10.9 Å². The maximum atomic E-state index is 11.6. The molecule has 0 aliphatic heterocycles. The van der Waals surface area contributed by atoms with Crippen LogP contribution in [0.25, 0.3) is 0 Å². The Balaban J connectivity index is 2.43. The molecular weight excluding hydrogens is 286 g/mol. The van der Waals surface area contributed by atoms with Gasteiger partial charge in [-0.1, -0.05) is 18.2 Å². The number of ether oxygens (including phenoxy) is 1. The lowest BCUT2D eigenvalue weighted by Crippen LogP contribution is -2.14. The summed E-state index contributed by atoms with van der Waals surface area (Å²) in [4.78, 5) is 0.279. The standard InChI is InChI=1S/C16H19NO3S/c1-11-9-13(20-2)7-8-15(11)16(17)12-5-4-6-14(10-12)21(3,18)19/h4-10,16H,17H2,1-3H3. The molecule has 1 atom stereocenters. The fraction of sp³-hybridized carbons (Fsp3) is 0.250. The maximum absolute atomic E-state index is 11.6. The maximum Gasteiger partial charge on any atom is 0.175 e. The molecule has 112 valence electrons. The monoisotopic (exact) mass is 305 g/mol. The minimum Gasteiger partial charge on any atom is -0.497 e. The zero-order valence-electron chi connectivity index (χ0n) is 12.3. The highest BCUT2D eigenvalue weighted by atomic mass is 32.2. The molecule has 0 radical (unpaired) electrons. The summed E-state index contributed by atoms with van der Waals surface area (Å²) < 4.78 is 28.5. The van der Waals surface area contributed by atoms with Crippen LogP contribution < -0.4 is 10.5 Å². The largest absolute Gasteiger partial charge is 0.497 e. The molecule has 0 spiro atoms. The third-order valence-electron chi connectivity index (χ3n) is 3.46. The van der Waals surface area contributed by atoms with Crippen LogP contribution in [0.15, 0.2) is 47.4 Å². The van der Waals surface area contributed by atoms with Gasteiger partial charge in [-0.3, -0.25) is 0 Å². The molecule has 0 aromatic heterocycles. The van der Waals surface area contributed by atoms with Crippen LogP contribution in [0.3, 0.4) is 0 Å². The lowest BCUT2D eigenvalue weighted by molar-refractivity contribution is 0.414. The van der Waals surface area contributed by atoms with Crippen molar-refractivity contribution < 1.29 is 13.2 Å². The summed E-state index contributed by atoms with van der Waals surface area (Å²) in [7, 11) is -1.62. The van der Waals surface area contributed by atoms with E-state index in [1.54, 1.807) is 25.3 Å². The molecule has 21 heavy (non-hydrogen) atoms. The predicted octanol–water partition coefficient (Wildman–Crippen LogP) is 2.46. The van der Waals surface area contributed by atoms with Crippen LogP contribution in [0.1, 0.15) is 22.7 Å². The highest BCUT2D eigenvalue weighted by Gasteiger charge is 2.15. The van der Waals surface area contributed by atoms with Crippen molar-refractivity contribution in [2.24, 2.45) is 5.73 Å². The average molecular weight is 305 g/mol. The van der Waals surface area contributed by atoms with Crippen molar-refractivity contribution in [3.05, 3.63) is 59.2 Å². The first-order valence-corrected chi connectivity index (χ1v) is 8.42. The molecule has 0 heterocycles. The first kappa shape index (κ1) is 15.5.